The van der Waals surface area contributed by atoms with Gasteiger partial charge in [0.05, 0.1) is 5.41 Å². The summed E-state index contributed by atoms with van der Waals surface area (Å²) in [5.41, 5.74) is 2.10. The van der Waals surface area contributed by atoms with Gasteiger partial charge < -0.3 is 5.32 Å². The van der Waals surface area contributed by atoms with Gasteiger partial charge in [-0.1, -0.05) is 32.9 Å². The highest BCUT2D eigenvalue weighted by atomic mass is 35.5. The van der Waals surface area contributed by atoms with Crippen molar-refractivity contribution < 1.29 is 4.79 Å². The van der Waals surface area contributed by atoms with Crippen LogP contribution in [0.25, 0.3) is 0 Å². The number of carbonyl (C=O) groups is 1. The van der Waals surface area contributed by atoms with Crippen molar-refractivity contribution in [1.29, 1.82) is 0 Å². The number of hydrogen-bond acceptors (Lipinski definition) is 1. The summed E-state index contributed by atoms with van der Waals surface area (Å²) < 4.78 is 0. The number of alkyl halides is 1. The van der Waals surface area contributed by atoms with E-state index in [0.717, 1.165) is 37.8 Å². The van der Waals surface area contributed by atoms with E-state index in [0.29, 0.717) is 11.8 Å². The van der Waals surface area contributed by atoms with Crippen LogP contribution in [-0.4, -0.2) is 10.8 Å². The molecule has 4 atom stereocenters. The number of benzene rings is 1. The quantitative estimate of drug-likeness (QED) is 0.704. The first kappa shape index (κ1) is 16.4. The predicted octanol–water partition coefficient (Wildman–Crippen LogP) is 5.50. The van der Waals surface area contributed by atoms with Crippen LogP contribution in [0.4, 0.5) is 5.69 Å². The molecule has 0 aliphatic heterocycles. The lowest BCUT2D eigenvalue weighted by Crippen LogP contribution is -2.57. The van der Waals surface area contributed by atoms with Gasteiger partial charge in [-0.15, -0.1) is 11.6 Å². The predicted molar refractivity (Wildman–Crippen MR) is 99.5 cm³/mol. The highest BCUT2D eigenvalue weighted by molar-refractivity contribution is 6.24. The number of amides is 1. The van der Waals surface area contributed by atoms with Crippen molar-refractivity contribution in [1.82, 2.24) is 0 Å². The third-order valence-corrected chi connectivity index (χ3v) is 6.92. The minimum Gasteiger partial charge on any atom is -0.326 e. The van der Waals surface area contributed by atoms with E-state index < -0.39 is 0 Å². The van der Waals surface area contributed by atoms with Gasteiger partial charge in [0.15, 0.2) is 0 Å². The number of anilines is 1. The first-order valence-electron chi connectivity index (χ1n) is 9.29. The Morgan fingerprint density at radius 1 is 1.08 bits per heavy atom. The van der Waals surface area contributed by atoms with E-state index >= 15 is 0 Å². The summed E-state index contributed by atoms with van der Waals surface area (Å²) in [5.74, 6) is 1.50. The molecule has 2 unspecified atom stereocenters. The second kappa shape index (κ2) is 5.24. The zero-order valence-electron chi connectivity index (χ0n) is 15.0. The molecule has 0 aromatic heterocycles. The molecule has 24 heavy (non-hydrogen) atoms. The van der Waals surface area contributed by atoms with Crippen LogP contribution in [0.2, 0.25) is 0 Å². The fourth-order valence-corrected chi connectivity index (χ4v) is 6.43. The molecule has 2 nitrogen and oxygen atoms in total. The van der Waals surface area contributed by atoms with Gasteiger partial charge in [0.1, 0.15) is 0 Å². The Bertz CT molecular complexity index is 643. The molecule has 1 N–H and O–H groups in total. The zero-order chi connectivity index (χ0) is 17.2. The molecule has 1 aromatic carbocycles. The normalized spacial score (nSPS) is 37.5. The van der Waals surface area contributed by atoms with Crippen molar-refractivity contribution in [3.05, 3.63) is 29.8 Å². The van der Waals surface area contributed by atoms with Crippen LogP contribution in [0.1, 0.15) is 64.9 Å². The summed E-state index contributed by atoms with van der Waals surface area (Å²) >= 11 is 6.86. The van der Waals surface area contributed by atoms with Gasteiger partial charge in [-0.05, 0) is 73.5 Å². The van der Waals surface area contributed by atoms with E-state index in [-0.39, 0.29) is 21.6 Å². The van der Waals surface area contributed by atoms with Crippen molar-refractivity contribution in [3.63, 3.8) is 0 Å². The largest absolute Gasteiger partial charge is 0.326 e. The van der Waals surface area contributed by atoms with Gasteiger partial charge in [0.2, 0.25) is 5.91 Å². The summed E-state index contributed by atoms with van der Waals surface area (Å²) in [7, 11) is 0. The van der Waals surface area contributed by atoms with Crippen LogP contribution >= 0.6 is 11.6 Å². The molecule has 1 aromatic rings. The molecule has 4 saturated carbocycles. The second-order valence-corrected chi connectivity index (χ2v) is 10.5. The van der Waals surface area contributed by atoms with Crippen molar-refractivity contribution in [2.75, 3.05) is 5.32 Å². The minimum atomic E-state index is -0.228. The summed E-state index contributed by atoms with van der Waals surface area (Å²) in [6, 6.07) is 8.32. The van der Waals surface area contributed by atoms with Gasteiger partial charge in [-0.25, -0.2) is 0 Å². The summed E-state index contributed by atoms with van der Waals surface area (Å²) in [6.45, 7) is 6.61. The first-order chi connectivity index (χ1) is 11.2. The number of nitrogens with one attached hydrogen (secondary N) is 1. The fraction of sp³-hybridized carbons (Fsp3) is 0.667. The first-order valence-corrected chi connectivity index (χ1v) is 9.66. The Morgan fingerprint density at radius 3 is 2.17 bits per heavy atom. The highest BCUT2D eigenvalue weighted by Gasteiger charge is 2.60. The van der Waals surface area contributed by atoms with Crippen molar-refractivity contribution in [2.24, 2.45) is 17.3 Å². The maximum Gasteiger partial charge on any atom is 0.230 e. The lowest BCUT2D eigenvalue weighted by molar-refractivity contribution is -0.138. The number of carbonyl (C=O) groups excluding carboxylic acids is 1. The number of rotatable bonds is 2. The van der Waals surface area contributed by atoms with Crippen LogP contribution in [0, 0.1) is 17.3 Å². The molecular weight excluding hydrogens is 318 g/mol. The molecule has 5 rings (SSSR count). The summed E-state index contributed by atoms with van der Waals surface area (Å²) in [4.78, 5) is 13.0. The Balaban J connectivity index is 1.52. The van der Waals surface area contributed by atoms with Crippen LogP contribution in [0.5, 0.6) is 0 Å². The molecule has 4 bridgehead atoms. The van der Waals surface area contributed by atoms with E-state index in [2.05, 4.69) is 38.2 Å². The average molecular weight is 346 g/mol. The SMILES string of the molecule is CC(C)(C)c1ccc(NC(=O)C23C[C@@H]4C[C@@H](CC(Cl)(C4)C2)C3)cc1. The third kappa shape index (κ3) is 2.77. The Kier molecular flexibility index (Phi) is 3.59. The van der Waals surface area contributed by atoms with E-state index in [1.807, 2.05) is 12.1 Å². The maximum atomic E-state index is 13.1. The monoisotopic (exact) mass is 345 g/mol. The van der Waals surface area contributed by atoms with Gasteiger partial charge in [-0.3, -0.25) is 4.79 Å². The molecule has 4 fully saturated rings. The van der Waals surface area contributed by atoms with Crippen LogP contribution in [0.3, 0.4) is 0 Å². The molecule has 1 amide bonds. The van der Waals surface area contributed by atoms with Crippen molar-refractivity contribution >= 4 is 23.2 Å². The summed E-state index contributed by atoms with van der Waals surface area (Å²) in [6.07, 6.45) is 6.43. The Hall–Kier alpha value is -1.02. The molecule has 0 radical (unpaired) electrons. The Labute approximate surface area is 150 Å². The number of hydrogen-bond donors (Lipinski definition) is 1. The lowest BCUT2D eigenvalue weighted by Gasteiger charge is -2.59. The molecule has 4 aliphatic carbocycles. The van der Waals surface area contributed by atoms with Gasteiger partial charge >= 0.3 is 0 Å². The van der Waals surface area contributed by atoms with E-state index in [9.17, 15) is 4.79 Å². The Morgan fingerprint density at radius 2 is 1.67 bits per heavy atom. The second-order valence-electron chi connectivity index (χ2n) is 9.67. The lowest BCUT2D eigenvalue weighted by atomic mass is 9.49. The van der Waals surface area contributed by atoms with Gasteiger partial charge in [0.25, 0.3) is 0 Å². The number of halogens is 1. The highest BCUT2D eigenvalue weighted by Crippen LogP contribution is 2.64. The fourth-order valence-electron chi connectivity index (χ4n) is 5.73. The topological polar surface area (TPSA) is 29.1 Å². The molecule has 0 saturated heterocycles. The van der Waals surface area contributed by atoms with Gasteiger partial charge in [-0.2, -0.15) is 0 Å². The molecular formula is C21H28ClNO. The molecule has 4 aliphatic rings. The average Bonchev–Trinajstić information content (AvgIpc) is 2.44. The van der Waals surface area contributed by atoms with E-state index in [1.54, 1.807) is 0 Å². The standard InChI is InChI=1S/C21H28ClNO/c1-19(2,3)16-4-6-17(7-5-16)23-18(24)20-9-14-8-15(10-20)12-21(22,11-14)13-20/h4-7,14-15H,8-13H2,1-3H3,(H,23,24)/t14-,15+,20?,21?. The van der Waals surface area contributed by atoms with Crippen molar-refractivity contribution in [2.45, 2.75) is 69.6 Å². The van der Waals surface area contributed by atoms with Crippen LogP contribution < -0.4 is 5.32 Å². The van der Waals surface area contributed by atoms with E-state index in [4.69, 9.17) is 11.6 Å². The smallest absolute Gasteiger partial charge is 0.230 e. The molecule has 0 heterocycles. The zero-order valence-corrected chi connectivity index (χ0v) is 15.7. The van der Waals surface area contributed by atoms with Gasteiger partial charge in [0, 0.05) is 10.6 Å². The maximum absolute atomic E-state index is 13.1. The van der Waals surface area contributed by atoms with Crippen molar-refractivity contribution in [3.8, 4) is 0 Å². The third-order valence-electron chi connectivity index (χ3n) is 6.48. The minimum absolute atomic E-state index is 0.114. The molecule has 130 valence electrons. The van der Waals surface area contributed by atoms with Crippen LogP contribution in [0.15, 0.2) is 24.3 Å². The van der Waals surface area contributed by atoms with Crippen LogP contribution in [-0.2, 0) is 10.2 Å². The molecule has 0 spiro atoms. The molecule has 3 heteroatoms. The van der Waals surface area contributed by atoms with E-state index in [1.165, 1.54) is 12.0 Å². The summed E-state index contributed by atoms with van der Waals surface area (Å²) in [5, 5.41) is 3.20.